The first-order chi connectivity index (χ1) is 15.6. The Bertz CT molecular complexity index is 1120. The third-order valence-corrected chi connectivity index (χ3v) is 6.61. The van der Waals surface area contributed by atoms with Gasteiger partial charge in [-0.05, 0) is 41.7 Å². The highest BCUT2D eigenvalue weighted by molar-refractivity contribution is 5.94. The van der Waals surface area contributed by atoms with Crippen molar-refractivity contribution in [3.05, 3.63) is 76.4 Å². The van der Waals surface area contributed by atoms with E-state index in [9.17, 15) is 4.79 Å². The maximum Gasteiger partial charge on any atom is 0.272 e. The Kier molecular flexibility index (Phi) is 5.66. The summed E-state index contributed by atoms with van der Waals surface area (Å²) < 4.78 is 1.88. The number of carbonyl (C=O) groups excluding carboxylic acids is 1. The second-order valence-corrected chi connectivity index (χ2v) is 8.89. The molecule has 32 heavy (non-hydrogen) atoms. The number of fused-ring (bicyclic) bond motifs is 2. The predicted molar refractivity (Wildman–Crippen MR) is 124 cm³/mol. The molecule has 0 atom stereocenters. The molecule has 0 radical (unpaired) electrons. The van der Waals surface area contributed by atoms with Crippen LogP contribution in [0.4, 0.5) is 5.69 Å². The third-order valence-electron chi connectivity index (χ3n) is 6.61. The lowest BCUT2D eigenvalue weighted by molar-refractivity contribution is 0.0942. The molecule has 2 aliphatic rings. The van der Waals surface area contributed by atoms with E-state index in [-0.39, 0.29) is 5.91 Å². The summed E-state index contributed by atoms with van der Waals surface area (Å²) in [6.45, 7) is 4.19. The van der Waals surface area contributed by atoms with E-state index >= 15 is 0 Å². The van der Waals surface area contributed by atoms with E-state index in [2.05, 4.69) is 50.4 Å². The highest BCUT2D eigenvalue weighted by Gasteiger charge is 2.27. The summed E-state index contributed by atoms with van der Waals surface area (Å²) in [7, 11) is 4.11. The molecule has 2 aromatic heterocycles. The van der Waals surface area contributed by atoms with E-state index in [1.54, 1.807) is 12.4 Å². The molecule has 0 saturated heterocycles. The first kappa shape index (κ1) is 20.7. The number of amides is 1. The quantitative estimate of drug-likeness (QED) is 0.674. The summed E-state index contributed by atoms with van der Waals surface area (Å²) in [6, 6.07) is 10.7. The van der Waals surface area contributed by atoms with Gasteiger partial charge in [0.1, 0.15) is 0 Å². The number of nitrogens with one attached hydrogen (secondary N) is 1. The van der Waals surface area contributed by atoms with Crippen molar-refractivity contribution < 1.29 is 4.79 Å². The van der Waals surface area contributed by atoms with Gasteiger partial charge in [0.15, 0.2) is 5.69 Å². The van der Waals surface area contributed by atoms with Crippen LogP contribution in [0.25, 0.3) is 0 Å². The molecule has 1 amide bonds. The van der Waals surface area contributed by atoms with Crippen molar-refractivity contribution in [3.63, 3.8) is 0 Å². The van der Waals surface area contributed by atoms with Crippen molar-refractivity contribution in [2.45, 2.75) is 38.9 Å². The van der Waals surface area contributed by atoms with Gasteiger partial charge in [-0.1, -0.05) is 18.2 Å². The summed E-state index contributed by atoms with van der Waals surface area (Å²) in [6.07, 6.45) is 6.78. The minimum atomic E-state index is -0.121. The van der Waals surface area contributed by atoms with E-state index in [1.165, 1.54) is 28.9 Å². The van der Waals surface area contributed by atoms with Crippen molar-refractivity contribution in [3.8, 4) is 0 Å². The molecule has 166 valence electrons. The number of rotatable bonds is 5. The number of pyridine rings is 1. The molecule has 0 saturated carbocycles. The van der Waals surface area contributed by atoms with Crippen molar-refractivity contribution in [1.82, 2.24) is 25.0 Å². The summed E-state index contributed by atoms with van der Waals surface area (Å²) in [5, 5.41) is 7.57. The van der Waals surface area contributed by atoms with Crippen LogP contribution in [-0.2, 0) is 39.5 Å². The Hall–Kier alpha value is -3.19. The van der Waals surface area contributed by atoms with E-state index in [1.807, 2.05) is 23.9 Å². The van der Waals surface area contributed by atoms with Crippen molar-refractivity contribution in [1.29, 1.82) is 0 Å². The minimum Gasteiger partial charge on any atom is -0.374 e. The predicted octanol–water partition coefficient (Wildman–Crippen LogP) is 2.69. The lowest BCUT2D eigenvalue weighted by Gasteiger charge is -2.30. The monoisotopic (exact) mass is 430 g/mol. The molecule has 2 aliphatic heterocycles. The van der Waals surface area contributed by atoms with Gasteiger partial charge in [0, 0.05) is 82.6 Å². The zero-order chi connectivity index (χ0) is 22.1. The molecule has 1 N–H and O–H groups in total. The fourth-order valence-corrected chi connectivity index (χ4v) is 4.93. The lowest BCUT2D eigenvalue weighted by Crippen LogP contribution is -2.32. The molecule has 7 nitrogen and oxygen atoms in total. The SMILES string of the molecule is CN1CCCc2cc(CN3CCc4c(c(C(=O)NCc5cccnc5)nn4C)C3)ccc21. The highest BCUT2D eigenvalue weighted by Crippen LogP contribution is 2.28. The first-order valence-corrected chi connectivity index (χ1v) is 11.4. The smallest absolute Gasteiger partial charge is 0.272 e. The minimum absolute atomic E-state index is 0.121. The molecular formula is C25H30N6O. The largest absolute Gasteiger partial charge is 0.374 e. The zero-order valence-corrected chi connectivity index (χ0v) is 18.8. The van der Waals surface area contributed by atoms with Crippen LogP contribution in [0.5, 0.6) is 0 Å². The van der Waals surface area contributed by atoms with Gasteiger partial charge >= 0.3 is 0 Å². The van der Waals surface area contributed by atoms with Crippen LogP contribution in [0.2, 0.25) is 0 Å². The van der Waals surface area contributed by atoms with Crippen molar-refractivity contribution in [2.24, 2.45) is 7.05 Å². The molecular weight excluding hydrogens is 400 g/mol. The average Bonchev–Trinajstić information content (AvgIpc) is 3.14. The van der Waals surface area contributed by atoms with E-state index in [0.717, 1.165) is 50.1 Å². The van der Waals surface area contributed by atoms with E-state index in [0.29, 0.717) is 12.2 Å². The lowest BCUT2D eigenvalue weighted by atomic mass is 9.98. The molecule has 0 fully saturated rings. The van der Waals surface area contributed by atoms with Crippen LogP contribution < -0.4 is 10.2 Å². The maximum absolute atomic E-state index is 12.9. The molecule has 5 rings (SSSR count). The van der Waals surface area contributed by atoms with Gasteiger partial charge in [0.05, 0.1) is 0 Å². The summed E-state index contributed by atoms with van der Waals surface area (Å²) in [4.78, 5) is 21.8. The van der Waals surface area contributed by atoms with Crippen LogP contribution in [-0.4, -0.2) is 45.7 Å². The number of anilines is 1. The number of carbonyl (C=O) groups is 1. The van der Waals surface area contributed by atoms with Gasteiger partial charge < -0.3 is 10.2 Å². The summed E-state index contributed by atoms with van der Waals surface area (Å²) >= 11 is 0. The molecule has 0 spiro atoms. The van der Waals surface area contributed by atoms with Gasteiger partial charge in [-0.25, -0.2) is 0 Å². The van der Waals surface area contributed by atoms with Gasteiger partial charge in [-0.2, -0.15) is 5.10 Å². The number of aromatic nitrogens is 3. The Balaban J connectivity index is 1.29. The Labute approximate surface area is 189 Å². The van der Waals surface area contributed by atoms with E-state index in [4.69, 9.17) is 0 Å². The number of hydrogen-bond acceptors (Lipinski definition) is 5. The average molecular weight is 431 g/mol. The second-order valence-electron chi connectivity index (χ2n) is 8.89. The molecule has 0 aliphatic carbocycles. The van der Waals surface area contributed by atoms with Crippen LogP contribution in [0.1, 0.15) is 44.9 Å². The molecule has 4 heterocycles. The normalized spacial score (nSPS) is 15.9. The number of nitrogens with zero attached hydrogens (tertiary/aromatic N) is 5. The third kappa shape index (κ3) is 4.12. The van der Waals surface area contributed by atoms with Gasteiger partial charge in [-0.3, -0.25) is 19.4 Å². The second kappa shape index (κ2) is 8.74. The number of benzene rings is 1. The van der Waals surface area contributed by atoms with E-state index < -0.39 is 0 Å². The molecule has 0 bridgehead atoms. The van der Waals surface area contributed by atoms with Crippen LogP contribution >= 0.6 is 0 Å². The summed E-state index contributed by atoms with van der Waals surface area (Å²) in [5.41, 5.74) is 7.90. The topological polar surface area (TPSA) is 66.3 Å². The van der Waals surface area contributed by atoms with Gasteiger partial charge in [0.2, 0.25) is 0 Å². The fourth-order valence-electron chi connectivity index (χ4n) is 4.93. The van der Waals surface area contributed by atoms with Gasteiger partial charge in [-0.15, -0.1) is 0 Å². The molecule has 3 aromatic rings. The van der Waals surface area contributed by atoms with Crippen LogP contribution in [0.3, 0.4) is 0 Å². The number of aryl methyl sites for hydroxylation is 2. The molecule has 7 heteroatoms. The first-order valence-electron chi connectivity index (χ1n) is 11.4. The Morgan fingerprint density at radius 2 is 2.03 bits per heavy atom. The van der Waals surface area contributed by atoms with Crippen molar-refractivity contribution in [2.75, 3.05) is 25.0 Å². The maximum atomic E-state index is 12.9. The van der Waals surface area contributed by atoms with Crippen LogP contribution in [0, 0.1) is 0 Å². The highest BCUT2D eigenvalue weighted by atomic mass is 16.1. The van der Waals surface area contributed by atoms with Crippen molar-refractivity contribution >= 4 is 11.6 Å². The van der Waals surface area contributed by atoms with Gasteiger partial charge in [0.25, 0.3) is 5.91 Å². The van der Waals surface area contributed by atoms with Crippen LogP contribution in [0.15, 0.2) is 42.7 Å². The standard InChI is InChI=1S/C25H30N6O/c1-29-11-4-6-20-13-18(7-8-22(20)29)16-31-12-9-23-21(17-31)24(28-30(23)2)25(32)27-15-19-5-3-10-26-14-19/h3,5,7-8,10,13-14H,4,6,9,11-12,15-17H2,1-2H3,(H,27,32). The molecule has 0 unspecified atom stereocenters. The zero-order valence-electron chi connectivity index (χ0n) is 18.8. The summed E-state index contributed by atoms with van der Waals surface area (Å²) in [5.74, 6) is -0.121. The Morgan fingerprint density at radius 1 is 1.12 bits per heavy atom. The molecule has 1 aromatic carbocycles. The Morgan fingerprint density at radius 3 is 2.88 bits per heavy atom. The number of hydrogen-bond donors (Lipinski definition) is 1. The fraction of sp³-hybridized carbons (Fsp3) is 0.400.